The van der Waals surface area contributed by atoms with Gasteiger partial charge < -0.3 is 4.74 Å². The normalized spacial score (nSPS) is 17.3. The number of nitrogens with zero attached hydrogens (tertiary/aromatic N) is 1. The van der Waals surface area contributed by atoms with E-state index < -0.39 is 27.5 Å². The predicted octanol–water partition coefficient (Wildman–Crippen LogP) is 4.76. The topological polar surface area (TPSA) is 63.7 Å². The summed E-state index contributed by atoms with van der Waals surface area (Å²) >= 11 is 5.92. The molecule has 0 radical (unpaired) electrons. The SMILES string of the molecule is CC(C)C(CS(=O)(=O)N1CCC(=Cc2ccc(Cl)cc2)CC1)C(=O)OC(C)(C)C. The van der Waals surface area contributed by atoms with Crippen molar-refractivity contribution in [2.45, 2.75) is 53.1 Å². The summed E-state index contributed by atoms with van der Waals surface area (Å²) in [5.41, 5.74) is 1.64. The van der Waals surface area contributed by atoms with Crippen molar-refractivity contribution in [2.24, 2.45) is 11.8 Å². The van der Waals surface area contributed by atoms with Gasteiger partial charge in [-0.15, -0.1) is 0 Å². The summed E-state index contributed by atoms with van der Waals surface area (Å²) in [7, 11) is -3.54. The molecular formula is C22H32ClNO4S. The Morgan fingerprint density at radius 2 is 1.72 bits per heavy atom. The number of esters is 1. The summed E-state index contributed by atoms with van der Waals surface area (Å²) in [6.45, 7) is 9.93. The molecule has 7 heteroatoms. The number of hydrogen-bond acceptors (Lipinski definition) is 4. The van der Waals surface area contributed by atoms with Crippen molar-refractivity contribution >= 4 is 33.7 Å². The highest BCUT2D eigenvalue weighted by Gasteiger charge is 2.35. The van der Waals surface area contributed by atoms with Gasteiger partial charge in [0.2, 0.25) is 10.0 Å². The van der Waals surface area contributed by atoms with Gasteiger partial charge in [0.1, 0.15) is 5.60 Å². The Labute approximate surface area is 180 Å². The molecule has 162 valence electrons. The van der Waals surface area contributed by atoms with Crippen LogP contribution in [-0.4, -0.2) is 43.1 Å². The van der Waals surface area contributed by atoms with Crippen LogP contribution in [-0.2, 0) is 19.6 Å². The van der Waals surface area contributed by atoms with Crippen LogP contribution in [0.15, 0.2) is 29.8 Å². The lowest BCUT2D eigenvalue weighted by Crippen LogP contribution is -2.42. The fraction of sp³-hybridized carbons (Fsp3) is 0.591. The van der Waals surface area contributed by atoms with Gasteiger partial charge in [-0.05, 0) is 57.2 Å². The second kappa shape index (κ2) is 9.63. The lowest BCUT2D eigenvalue weighted by molar-refractivity contribution is -0.160. The van der Waals surface area contributed by atoms with Crippen molar-refractivity contribution < 1.29 is 17.9 Å². The maximum absolute atomic E-state index is 13.0. The molecule has 1 aliphatic heterocycles. The maximum atomic E-state index is 13.0. The molecule has 1 unspecified atom stereocenters. The number of sulfonamides is 1. The van der Waals surface area contributed by atoms with E-state index in [2.05, 4.69) is 6.08 Å². The molecule has 29 heavy (non-hydrogen) atoms. The summed E-state index contributed by atoms with van der Waals surface area (Å²) in [6.07, 6.45) is 3.46. The molecule has 5 nitrogen and oxygen atoms in total. The minimum absolute atomic E-state index is 0.121. The standard InChI is InChI=1S/C22H32ClNO4S/c1-16(2)20(21(25)28-22(3,4)5)15-29(26,27)24-12-10-18(11-13-24)14-17-6-8-19(23)9-7-17/h6-9,14,16,20H,10-13,15H2,1-5H3. The number of rotatable bonds is 6. The van der Waals surface area contributed by atoms with Crippen LogP contribution < -0.4 is 0 Å². The first kappa shape index (κ1) is 23.9. The van der Waals surface area contributed by atoms with Crippen LogP contribution in [0.2, 0.25) is 5.02 Å². The Hall–Kier alpha value is -1.37. The number of halogens is 1. The number of carbonyl (C=O) groups excluding carboxylic acids is 1. The van der Waals surface area contributed by atoms with Gasteiger partial charge >= 0.3 is 5.97 Å². The van der Waals surface area contributed by atoms with Crippen molar-refractivity contribution in [1.29, 1.82) is 0 Å². The van der Waals surface area contributed by atoms with Crippen LogP contribution in [0.3, 0.4) is 0 Å². The van der Waals surface area contributed by atoms with Crippen LogP contribution in [0.25, 0.3) is 6.08 Å². The molecule has 1 heterocycles. The number of piperidine rings is 1. The first-order chi connectivity index (χ1) is 13.4. The van der Waals surface area contributed by atoms with E-state index in [9.17, 15) is 13.2 Å². The molecule has 0 aromatic heterocycles. The van der Waals surface area contributed by atoms with Crippen LogP contribution in [0.1, 0.15) is 53.0 Å². The Morgan fingerprint density at radius 1 is 1.17 bits per heavy atom. The van der Waals surface area contributed by atoms with Crippen molar-refractivity contribution in [3.8, 4) is 0 Å². The van der Waals surface area contributed by atoms with Crippen molar-refractivity contribution in [3.63, 3.8) is 0 Å². The van der Waals surface area contributed by atoms with Gasteiger partial charge in [0.25, 0.3) is 0 Å². The van der Waals surface area contributed by atoms with Crippen molar-refractivity contribution in [1.82, 2.24) is 4.31 Å². The number of benzene rings is 1. The highest BCUT2D eigenvalue weighted by atomic mass is 35.5. The second-order valence-corrected chi connectivity index (χ2v) is 11.4. The lowest BCUT2D eigenvalue weighted by atomic mass is 9.98. The third-order valence-electron chi connectivity index (χ3n) is 4.90. The van der Waals surface area contributed by atoms with Gasteiger partial charge in [0, 0.05) is 18.1 Å². The third kappa shape index (κ3) is 7.43. The molecule has 0 saturated carbocycles. The zero-order chi connectivity index (χ0) is 21.8. The van der Waals surface area contributed by atoms with Gasteiger partial charge in [-0.25, -0.2) is 12.7 Å². The molecule has 1 aromatic carbocycles. The quantitative estimate of drug-likeness (QED) is 0.597. The van der Waals surface area contributed by atoms with E-state index in [1.807, 2.05) is 38.1 Å². The summed E-state index contributed by atoms with van der Waals surface area (Å²) < 4.78 is 32.9. The van der Waals surface area contributed by atoms with Crippen LogP contribution in [0.5, 0.6) is 0 Å². The van der Waals surface area contributed by atoms with Gasteiger partial charge in [-0.2, -0.15) is 0 Å². The summed E-state index contributed by atoms with van der Waals surface area (Å²) in [6, 6.07) is 7.59. The average molecular weight is 442 g/mol. The molecule has 0 spiro atoms. The molecule has 1 fully saturated rings. The van der Waals surface area contributed by atoms with Crippen LogP contribution in [0.4, 0.5) is 0 Å². The van der Waals surface area contributed by atoms with E-state index in [0.717, 1.165) is 5.56 Å². The molecule has 0 aliphatic carbocycles. The van der Waals surface area contributed by atoms with E-state index in [-0.39, 0.29) is 11.7 Å². The maximum Gasteiger partial charge on any atom is 0.310 e. The fourth-order valence-electron chi connectivity index (χ4n) is 3.23. The van der Waals surface area contributed by atoms with E-state index in [1.54, 1.807) is 20.8 Å². The van der Waals surface area contributed by atoms with Gasteiger partial charge in [0.05, 0.1) is 11.7 Å². The number of carbonyl (C=O) groups is 1. The minimum Gasteiger partial charge on any atom is -0.460 e. The second-order valence-electron chi connectivity index (χ2n) is 8.92. The van der Waals surface area contributed by atoms with Crippen molar-refractivity contribution in [3.05, 3.63) is 40.4 Å². The van der Waals surface area contributed by atoms with E-state index in [4.69, 9.17) is 16.3 Å². The molecule has 0 N–H and O–H groups in total. The molecule has 1 saturated heterocycles. The van der Waals surface area contributed by atoms with Crippen LogP contribution in [0, 0.1) is 11.8 Å². The zero-order valence-corrected chi connectivity index (χ0v) is 19.5. The molecular weight excluding hydrogens is 410 g/mol. The van der Waals surface area contributed by atoms with Gasteiger partial charge in [0.15, 0.2) is 0 Å². The van der Waals surface area contributed by atoms with Gasteiger partial charge in [-0.1, -0.05) is 49.2 Å². The molecule has 1 atom stereocenters. The molecule has 1 aromatic rings. The summed E-state index contributed by atoms with van der Waals surface area (Å²) in [4.78, 5) is 12.5. The Bertz CT molecular complexity index is 829. The molecule has 2 rings (SSSR count). The summed E-state index contributed by atoms with van der Waals surface area (Å²) in [5, 5.41) is 0.692. The Balaban J connectivity index is 2.02. The van der Waals surface area contributed by atoms with Crippen LogP contribution >= 0.6 is 11.6 Å². The highest BCUT2D eigenvalue weighted by molar-refractivity contribution is 7.89. The fourth-order valence-corrected chi connectivity index (χ4v) is 5.28. The molecule has 0 bridgehead atoms. The Morgan fingerprint density at radius 3 is 2.21 bits per heavy atom. The zero-order valence-electron chi connectivity index (χ0n) is 17.9. The average Bonchev–Trinajstić information content (AvgIpc) is 2.60. The lowest BCUT2D eigenvalue weighted by Gasteiger charge is -2.31. The minimum atomic E-state index is -3.54. The van der Waals surface area contributed by atoms with Gasteiger partial charge in [-0.3, -0.25) is 4.79 Å². The molecule has 0 amide bonds. The third-order valence-corrected chi connectivity index (χ3v) is 7.09. The number of ether oxygens (including phenoxy) is 1. The smallest absolute Gasteiger partial charge is 0.310 e. The monoisotopic (exact) mass is 441 g/mol. The molecule has 1 aliphatic rings. The Kier molecular flexibility index (Phi) is 7.93. The largest absolute Gasteiger partial charge is 0.460 e. The van der Waals surface area contributed by atoms with E-state index >= 15 is 0 Å². The number of hydrogen-bond donors (Lipinski definition) is 0. The van der Waals surface area contributed by atoms with E-state index in [1.165, 1.54) is 9.88 Å². The first-order valence-corrected chi connectivity index (χ1v) is 12.0. The first-order valence-electron chi connectivity index (χ1n) is 10.0. The summed E-state index contributed by atoms with van der Waals surface area (Å²) in [5.74, 6) is -1.46. The predicted molar refractivity (Wildman–Crippen MR) is 118 cm³/mol. The van der Waals surface area contributed by atoms with E-state index in [0.29, 0.717) is 31.0 Å². The highest BCUT2D eigenvalue weighted by Crippen LogP contribution is 2.25. The van der Waals surface area contributed by atoms with Crippen molar-refractivity contribution in [2.75, 3.05) is 18.8 Å².